The minimum atomic E-state index is -1.31. The Labute approximate surface area is 308 Å². The van der Waals surface area contributed by atoms with Gasteiger partial charge in [0.05, 0.1) is 0 Å². The molecule has 14 heteroatoms. The number of imide groups is 1. The molecule has 3 aromatic carbocycles. The zero-order valence-electron chi connectivity index (χ0n) is 30.1. The highest BCUT2D eigenvalue weighted by molar-refractivity contribution is 6.02. The van der Waals surface area contributed by atoms with E-state index in [2.05, 4.69) is 16.0 Å². The van der Waals surface area contributed by atoms with Crippen molar-refractivity contribution in [2.75, 3.05) is 6.54 Å². The van der Waals surface area contributed by atoms with E-state index in [1.807, 2.05) is 60.7 Å². The zero-order chi connectivity index (χ0) is 38.2. The second-order valence-electron chi connectivity index (χ2n) is 13.4. The number of nitrogens with one attached hydrogen (secondary N) is 3. The van der Waals surface area contributed by atoms with Gasteiger partial charge in [0.15, 0.2) is 0 Å². The molecule has 1 aliphatic heterocycles. The number of carbonyl (C=O) groups excluding carboxylic acids is 6. The number of rotatable bonds is 17. The van der Waals surface area contributed by atoms with Gasteiger partial charge in [0.1, 0.15) is 36.6 Å². The molecule has 14 nitrogen and oxygen atoms in total. The topological polar surface area (TPSA) is 179 Å². The van der Waals surface area contributed by atoms with Gasteiger partial charge >= 0.3 is 18.2 Å². The number of hydrogen-bond donors (Lipinski definition) is 3. The predicted octanol–water partition coefficient (Wildman–Crippen LogP) is 4.89. The Morgan fingerprint density at radius 2 is 1.32 bits per heavy atom. The van der Waals surface area contributed by atoms with Gasteiger partial charge in [0, 0.05) is 25.8 Å². The summed E-state index contributed by atoms with van der Waals surface area (Å²) in [7, 11) is 0. The lowest BCUT2D eigenvalue weighted by molar-refractivity contribution is -0.199. The Bertz CT molecular complexity index is 1680. The summed E-state index contributed by atoms with van der Waals surface area (Å²) in [6.07, 6.45) is -0.928. The number of benzene rings is 3. The molecule has 4 rings (SSSR count). The average molecular weight is 731 g/mol. The van der Waals surface area contributed by atoms with Gasteiger partial charge in [-0.05, 0) is 68.9 Å². The van der Waals surface area contributed by atoms with Crippen LogP contribution in [0.3, 0.4) is 0 Å². The van der Waals surface area contributed by atoms with Crippen LogP contribution in [0.15, 0.2) is 84.9 Å². The zero-order valence-corrected chi connectivity index (χ0v) is 30.1. The molecule has 0 aliphatic carbocycles. The normalized spacial score (nSPS) is 13.8. The van der Waals surface area contributed by atoms with Crippen LogP contribution in [0.5, 0.6) is 5.75 Å². The quantitative estimate of drug-likeness (QED) is 0.128. The van der Waals surface area contributed by atoms with E-state index >= 15 is 0 Å². The maximum atomic E-state index is 13.8. The highest BCUT2D eigenvalue weighted by atomic mass is 16.7. The molecule has 53 heavy (non-hydrogen) atoms. The van der Waals surface area contributed by atoms with Crippen LogP contribution in [0, 0.1) is 0 Å². The number of amides is 5. The monoisotopic (exact) mass is 730 g/mol. The van der Waals surface area contributed by atoms with Crippen molar-refractivity contribution in [1.29, 1.82) is 0 Å². The van der Waals surface area contributed by atoms with Crippen molar-refractivity contribution in [2.45, 2.75) is 90.2 Å². The third kappa shape index (κ3) is 14.0. The fraction of sp³-hybridized carbons (Fsp3) is 0.385. The summed E-state index contributed by atoms with van der Waals surface area (Å²) in [6.45, 7) is 5.72. The smallest absolute Gasteiger partial charge is 0.408 e. The van der Waals surface area contributed by atoms with Crippen molar-refractivity contribution in [3.05, 3.63) is 102 Å². The highest BCUT2D eigenvalue weighted by Gasteiger charge is 2.36. The average Bonchev–Trinajstić information content (AvgIpc) is 3.44. The van der Waals surface area contributed by atoms with Crippen molar-refractivity contribution in [3.8, 4) is 5.75 Å². The number of nitrogens with zero attached hydrogens (tertiary/aromatic N) is 1. The SMILES string of the molecule is CC(C)(C)OC(=O)N[C@H](Cc1ccc(OCc2ccccc2)cc1)C(=O)N[C@@H](CCCCNC(=O)OCc1ccccc1)C(=O)ON1C(=O)CCC1=O. The summed E-state index contributed by atoms with van der Waals surface area (Å²) in [5.41, 5.74) is 1.65. The fourth-order valence-corrected chi connectivity index (χ4v) is 5.13. The Balaban J connectivity index is 1.40. The van der Waals surface area contributed by atoms with Crippen LogP contribution in [0.4, 0.5) is 9.59 Å². The van der Waals surface area contributed by atoms with Crippen molar-refractivity contribution >= 4 is 35.9 Å². The van der Waals surface area contributed by atoms with E-state index < -0.39 is 53.6 Å². The lowest BCUT2D eigenvalue weighted by Gasteiger charge is -2.25. The van der Waals surface area contributed by atoms with E-state index in [1.54, 1.807) is 45.0 Å². The van der Waals surface area contributed by atoms with Crippen LogP contribution >= 0.6 is 0 Å². The van der Waals surface area contributed by atoms with E-state index in [4.69, 9.17) is 19.0 Å². The van der Waals surface area contributed by atoms with E-state index in [0.717, 1.165) is 11.1 Å². The summed E-state index contributed by atoms with van der Waals surface area (Å²) in [4.78, 5) is 81.6. The van der Waals surface area contributed by atoms with Gasteiger partial charge in [0.25, 0.3) is 11.8 Å². The minimum Gasteiger partial charge on any atom is -0.489 e. The summed E-state index contributed by atoms with van der Waals surface area (Å²) >= 11 is 0. The van der Waals surface area contributed by atoms with Gasteiger partial charge in [-0.3, -0.25) is 14.4 Å². The highest BCUT2D eigenvalue weighted by Crippen LogP contribution is 2.18. The van der Waals surface area contributed by atoms with Crippen LogP contribution in [0.1, 0.15) is 69.6 Å². The molecule has 3 aromatic rings. The number of alkyl carbamates (subject to hydrolysis) is 2. The first kappa shape index (κ1) is 39.9. The Morgan fingerprint density at radius 3 is 1.92 bits per heavy atom. The molecule has 0 unspecified atom stereocenters. The number of hydrogen-bond acceptors (Lipinski definition) is 10. The number of carbonyl (C=O) groups is 6. The molecule has 3 N–H and O–H groups in total. The number of hydroxylamine groups is 2. The molecule has 5 amide bonds. The molecule has 0 radical (unpaired) electrons. The van der Waals surface area contributed by atoms with Gasteiger partial charge in [-0.25, -0.2) is 14.4 Å². The molecule has 0 spiro atoms. The van der Waals surface area contributed by atoms with Crippen LogP contribution < -0.4 is 20.7 Å². The molecular formula is C39H46N4O10. The third-order valence-electron chi connectivity index (χ3n) is 7.81. The summed E-state index contributed by atoms with van der Waals surface area (Å²) in [5, 5.41) is 8.26. The largest absolute Gasteiger partial charge is 0.489 e. The first-order valence-corrected chi connectivity index (χ1v) is 17.4. The second-order valence-corrected chi connectivity index (χ2v) is 13.4. The molecule has 0 saturated carbocycles. The Kier molecular flexibility index (Phi) is 14.8. The van der Waals surface area contributed by atoms with Crippen molar-refractivity contribution in [3.63, 3.8) is 0 Å². The number of unbranched alkanes of at least 4 members (excludes halogenated alkanes) is 1. The molecular weight excluding hydrogens is 684 g/mol. The molecule has 282 valence electrons. The predicted molar refractivity (Wildman–Crippen MR) is 192 cm³/mol. The van der Waals surface area contributed by atoms with E-state index in [9.17, 15) is 28.8 Å². The van der Waals surface area contributed by atoms with Gasteiger partial charge in [-0.2, -0.15) is 0 Å². The van der Waals surface area contributed by atoms with Crippen molar-refractivity contribution < 1.29 is 47.8 Å². The molecule has 1 heterocycles. The van der Waals surface area contributed by atoms with Gasteiger partial charge in [-0.1, -0.05) is 72.8 Å². The van der Waals surface area contributed by atoms with Crippen LogP contribution in [-0.4, -0.2) is 65.2 Å². The minimum absolute atomic E-state index is 0.0178. The maximum Gasteiger partial charge on any atom is 0.408 e. The summed E-state index contributed by atoms with van der Waals surface area (Å²) < 4.78 is 16.5. The third-order valence-corrected chi connectivity index (χ3v) is 7.81. The maximum absolute atomic E-state index is 13.8. The fourth-order valence-electron chi connectivity index (χ4n) is 5.13. The van der Waals surface area contributed by atoms with Crippen LogP contribution in [0.25, 0.3) is 0 Å². The van der Waals surface area contributed by atoms with E-state index in [-0.39, 0.29) is 38.8 Å². The molecule has 1 aliphatic rings. The summed E-state index contributed by atoms with van der Waals surface area (Å²) in [5.74, 6) is -2.51. The van der Waals surface area contributed by atoms with Gasteiger partial charge in [0.2, 0.25) is 5.91 Å². The molecule has 0 aromatic heterocycles. The van der Waals surface area contributed by atoms with Crippen molar-refractivity contribution in [2.24, 2.45) is 0 Å². The Morgan fingerprint density at radius 1 is 0.717 bits per heavy atom. The number of ether oxygens (including phenoxy) is 3. The second kappa shape index (κ2) is 19.6. The first-order chi connectivity index (χ1) is 25.4. The Hall–Kier alpha value is -5.92. The lowest BCUT2D eigenvalue weighted by atomic mass is 10.0. The van der Waals surface area contributed by atoms with Crippen LogP contribution in [-0.2, 0) is 53.1 Å². The van der Waals surface area contributed by atoms with Crippen molar-refractivity contribution in [1.82, 2.24) is 21.0 Å². The molecule has 2 atom stereocenters. The van der Waals surface area contributed by atoms with Crippen LogP contribution in [0.2, 0.25) is 0 Å². The molecule has 1 fully saturated rings. The molecule has 1 saturated heterocycles. The standard InChI is InChI=1S/C39H46N4O10/c1-39(2,3)52-38(49)42-32(24-27-17-19-30(20-18-27)50-25-28-12-6-4-7-13-28)35(46)41-31(36(47)53-43-33(44)21-22-34(43)45)16-10-11-23-40-37(48)51-26-29-14-8-5-9-15-29/h4-9,12-15,17-20,31-32H,10-11,16,21-26H2,1-3H3,(H,40,48)(H,41,46)(H,42,49)/t31-,32+/m0/s1. The first-order valence-electron chi connectivity index (χ1n) is 17.4. The lowest BCUT2D eigenvalue weighted by Crippen LogP contribution is -2.54. The van der Waals surface area contributed by atoms with E-state index in [1.165, 1.54) is 0 Å². The van der Waals surface area contributed by atoms with Gasteiger partial charge in [-0.15, -0.1) is 5.06 Å². The van der Waals surface area contributed by atoms with E-state index in [0.29, 0.717) is 35.8 Å². The summed E-state index contributed by atoms with van der Waals surface area (Å²) in [6, 6.07) is 23.3. The molecule has 0 bridgehead atoms. The van der Waals surface area contributed by atoms with Gasteiger partial charge < -0.3 is 35.0 Å².